The van der Waals surface area contributed by atoms with E-state index in [1.165, 1.54) is 88.9 Å². The van der Waals surface area contributed by atoms with Gasteiger partial charge in [-0.05, 0) is 102 Å². The average molecular weight is 1260 g/mol. The van der Waals surface area contributed by atoms with E-state index >= 15 is 9.59 Å². The van der Waals surface area contributed by atoms with Gasteiger partial charge in [0.1, 0.15) is 60.4 Å². The van der Waals surface area contributed by atoms with Crippen LogP contribution in [0.5, 0.6) is 0 Å². The summed E-state index contributed by atoms with van der Waals surface area (Å²) < 4.78 is 6.03. The smallest absolute Gasteiger partial charge is 0.246 e. The summed E-state index contributed by atoms with van der Waals surface area (Å²) >= 11 is 0. The second-order valence-electron chi connectivity index (χ2n) is 27.0. The highest BCUT2D eigenvalue weighted by atomic mass is 16.5. The number of amides is 11. The van der Waals surface area contributed by atoms with Crippen LogP contribution in [0, 0.1) is 35.5 Å². The SMILES string of the molecule is C=CCOC(C)(C)C[C@H]1C(=O)N[C@@H](C(C)C)C(=O)N(C)[C@@H](CC(C)C)C(=O)N[C@@H](C)C(=O)N[C@H](C)C(=O)N(C)[C@@H](CC(C)C)C(=O)N(C)[C@@H](CC(C)C)C(=O)N(C)[C@@H](C(C)C)C(=O)N(C)[C@@H]([C@H](O)[C@H](C)C/C=C/C)C(=O)N[C@@H](CC)C(=O)N(C)CC(=O)N1C. The largest absolute Gasteiger partial charge is 0.390 e. The summed E-state index contributed by atoms with van der Waals surface area (Å²) in [6, 6.07) is -12.8. The second-order valence-corrected chi connectivity index (χ2v) is 27.0. The Labute approximate surface area is 532 Å². The highest BCUT2D eigenvalue weighted by molar-refractivity contribution is 5.99. The predicted octanol–water partition coefficient (Wildman–Crippen LogP) is 3.59. The van der Waals surface area contributed by atoms with Gasteiger partial charge >= 0.3 is 0 Å². The number of likely N-dealkylation sites (N-methyl/N-ethyl adjacent to an activating group) is 7. The Morgan fingerprint density at radius 2 is 1.01 bits per heavy atom. The zero-order chi connectivity index (χ0) is 69.0. The van der Waals surface area contributed by atoms with Crippen LogP contribution in [0.15, 0.2) is 24.8 Å². The van der Waals surface area contributed by atoms with Gasteiger partial charge in [0.15, 0.2) is 0 Å². The Kier molecular flexibility index (Phi) is 33.0. The molecule has 24 heteroatoms. The number of nitrogens with zero attached hydrogens (tertiary/aromatic N) is 7. The minimum atomic E-state index is -1.63. The summed E-state index contributed by atoms with van der Waals surface area (Å²) in [6.07, 6.45) is 4.19. The number of carbonyl (C=O) groups is 11. The topological polar surface area (TPSA) is 288 Å². The standard InChI is InChI=1S/C65H115N11O13/c1-26-29-30-42(14)54(78)53-58(82)68-45(28-3)60(84)70(19)36-50(77)71(20)49(35-65(17,18)89-31-27-2)57(81)69-51(40(10)11)63(87)72(21)46(32-37(4)5)56(80)66-43(15)55(79)67-44(16)59(83)73(22)47(33-38(6)7)61(85)74(23)48(34-39(8)9)62(86)75(24)52(41(12)13)64(88)76(53)25/h26-27,29,37-49,51-54,78H,2,28,30-36H2,1,3-25H3,(H,66,80)(H,67,79)(H,68,82)(H,69,81)/b29-26+/t42-,43+,44-,45+,46+,47+,48+,49+,51+,52+,53+,54-/m1/s1. The molecule has 1 aliphatic heterocycles. The Morgan fingerprint density at radius 1 is 0.551 bits per heavy atom. The van der Waals surface area contributed by atoms with Gasteiger partial charge in [0.05, 0.1) is 24.9 Å². The van der Waals surface area contributed by atoms with Crippen LogP contribution in [0.3, 0.4) is 0 Å². The Morgan fingerprint density at radius 3 is 1.48 bits per heavy atom. The number of nitrogens with one attached hydrogen (secondary N) is 4. The number of ether oxygens (including phenoxy) is 1. The molecule has 0 radical (unpaired) electrons. The third-order valence-electron chi connectivity index (χ3n) is 16.7. The fourth-order valence-corrected chi connectivity index (χ4v) is 11.0. The first-order valence-corrected chi connectivity index (χ1v) is 31.7. The first-order chi connectivity index (χ1) is 41.1. The van der Waals surface area contributed by atoms with Gasteiger partial charge in [-0.1, -0.05) is 101 Å². The number of aliphatic hydroxyl groups is 1. The van der Waals surface area contributed by atoms with Crippen molar-refractivity contribution in [3.05, 3.63) is 24.8 Å². The van der Waals surface area contributed by atoms with Crippen LogP contribution >= 0.6 is 0 Å². The minimum absolute atomic E-state index is 0.00344. The van der Waals surface area contributed by atoms with Crippen molar-refractivity contribution in [2.24, 2.45) is 35.5 Å². The van der Waals surface area contributed by atoms with Crippen molar-refractivity contribution in [3.8, 4) is 0 Å². The van der Waals surface area contributed by atoms with Crippen LogP contribution in [0.2, 0.25) is 0 Å². The number of hydrogen-bond donors (Lipinski definition) is 5. The van der Waals surface area contributed by atoms with Crippen molar-refractivity contribution in [3.63, 3.8) is 0 Å². The Balaban J connectivity index is 4.41. The summed E-state index contributed by atoms with van der Waals surface area (Å²) in [6.45, 7) is 32.7. The minimum Gasteiger partial charge on any atom is -0.390 e. The lowest BCUT2D eigenvalue weighted by Crippen LogP contribution is -2.63. The second kappa shape index (κ2) is 36.4. The lowest BCUT2D eigenvalue weighted by Gasteiger charge is -2.41. The van der Waals surface area contributed by atoms with Crippen molar-refractivity contribution in [2.45, 2.75) is 228 Å². The van der Waals surface area contributed by atoms with Crippen molar-refractivity contribution >= 4 is 65.0 Å². The monoisotopic (exact) mass is 1260 g/mol. The van der Waals surface area contributed by atoms with Gasteiger partial charge in [-0.25, -0.2) is 0 Å². The fraction of sp³-hybridized carbons (Fsp3) is 0.769. The summed E-state index contributed by atoms with van der Waals surface area (Å²) in [5.74, 6) is -10.0. The van der Waals surface area contributed by atoms with E-state index in [0.717, 1.165) is 14.7 Å². The molecule has 5 N–H and O–H groups in total. The maximum atomic E-state index is 15.2. The summed E-state index contributed by atoms with van der Waals surface area (Å²) in [7, 11) is 9.82. The maximum absolute atomic E-state index is 15.2. The van der Waals surface area contributed by atoms with Crippen molar-refractivity contribution in [2.75, 3.05) is 62.5 Å². The molecule has 24 nitrogen and oxygen atoms in total. The molecule has 0 aromatic rings. The van der Waals surface area contributed by atoms with Crippen LogP contribution in [-0.4, -0.2) is 239 Å². The van der Waals surface area contributed by atoms with Crippen LogP contribution in [0.4, 0.5) is 0 Å². The zero-order valence-electron chi connectivity index (χ0n) is 58.4. The molecule has 1 aliphatic rings. The highest BCUT2D eigenvalue weighted by Crippen LogP contribution is 2.26. The zero-order valence-corrected chi connectivity index (χ0v) is 58.4. The lowest BCUT2D eigenvalue weighted by molar-refractivity contribution is -0.157. The van der Waals surface area contributed by atoms with E-state index in [-0.39, 0.29) is 56.5 Å². The van der Waals surface area contributed by atoms with Gasteiger partial charge < -0.3 is 65.4 Å². The third-order valence-corrected chi connectivity index (χ3v) is 16.7. The van der Waals surface area contributed by atoms with Crippen LogP contribution < -0.4 is 21.3 Å². The lowest BCUT2D eigenvalue weighted by atomic mass is 9.91. The van der Waals surface area contributed by atoms with Gasteiger partial charge in [-0.15, -0.1) is 6.58 Å². The number of hydrogen-bond acceptors (Lipinski definition) is 13. The van der Waals surface area contributed by atoms with Gasteiger partial charge in [0.25, 0.3) is 0 Å². The molecule has 508 valence electrons. The number of carbonyl (C=O) groups excluding carboxylic acids is 11. The summed E-state index contributed by atoms with van der Waals surface area (Å²) in [4.78, 5) is 170. The molecule has 0 unspecified atom stereocenters. The summed E-state index contributed by atoms with van der Waals surface area (Å²) in [5, 5.41) is 23.1. The quantitative estimate of drug-likeness (QED) is 0.123. The molecule has 0 aromatic carbocycles. The van der Waals surface area contributed by atoms with Gasteiger partial charge in [0.2, 0.25) is 65.0 Å². The Hall–Kier alpha value is -6.43. The van der Waals surface area contributed by atoms with E-state index < -0.39 is 161 Å². The number of allylic oxidation sites excluding steroid dienone is 2. The van der Waals surface area contributed by atoms with Gasteiger partial charge in [0, 0.05) is 55.8 Å². The molecule has 0 aliphatic carbocycles. The fourth-order valence-electron chi connectivity index (χ4n) is 11.0. The predicted molar refractivity (Wildman–Crippen MR) is 344 cm³/mol. The summed E-state index contributed by atoms with van der Waals surface area (Å²) in [5.41, 5.74) is -1.07. The van der Waals surface area contributed by atoms with E-state index in [4.69, 9.17) is 4.74 Å². The first-order valence-electron chi connectivity index (χ1n) is 31.7. The molecule has 1 fully saturated rings. The molecule has 89 heavy (non-hydrogen) atoms. The van der Waals surface area contributed by atoms with E-state index in [2.05, 4.69) is 27.8 Å². The normalized spacial score (nSPS) is 26.3. The number of rotatable bonds is 18. The molecule has 1 rings (SSSR count). The third kappa shape index (κ3) is 23.1. The molecule has 0 aromatic heterocycles. The van der Waals surface area contributed by atoms with E-state index in [9.17, 15) is 48.3 Å². The van der Waals surface area contributed by atoms with Crippen molar-refractivity contribution in [1.82, 2.24) is 55.6 Å². The first kappa shape index (κ1) is 80.6. The van der Waals surface area contributed by atoms with Crippen LogP contribution in [0.1, 0.15) is 156 Å². The molecular formula is C65H115N11O13. The van der Waals surface area contributed by atoms with E-state index in [0.29, 0.717) is 6.42 Å². The molecule has 0 bridgehead atoms. The molecule has 0 saturated carbocycles. The van der Waals surface area contributed by atoms with Crippen molar-refractivity contribution < 1.29 is 62.6 Å². The van der Waals surface area contributed by atoms with Gasteiger partial charge in [-0.2, -0.15) is 0 Å². The maximum Gasteiger partial charge on any atom is 0.246 e. The van der Waals surface area contributed by atoms with Crippen molar-refractivity contribution in [1.29, 1.82) is 0 Å². The molecule has 1 heterocycles. The molecule has 12 atom stereocenters. The molecule has 0 spiro atoms. The van der Waals surface area contributed by atoms with Gasteiger partial charge in [-0.3, -0.25) is 52.7 Å². The Bertz CT molecular complexity index is 2470. The average Bonchev–Trinajstić information content (AvgIpc) is 2.35. The van der Waals surface area contributed by atoms with Crippen LogP contribution in [-0.2, 0) is 57.5 Å². The molecular weight excluding hydrogens is 1140 g/mol. The molecule has 1 saturated heterocycles. The number of aliphatic hydroxyl groups excluding tert-OH is 1. The van der Waals surface area contributed by atoms with E-state index in [1.807, 2.05) is 41.5 Å². The highest BCUT2D eigenvalue weighted by Gasteiger charge is 2.46. The molecule has 11 amide bonds. The van der Waals surface area contributed by atoms with Crippen LogP contribution in [0.25, 0.3) is 0 Å². The van der Waals surface area contributed by atoms with E-state index in [1.54, 1.807) is 74.5 Å².